The van der Waals surface area contributed by atoms with Gasteiger partial charge in [0.1, 0.15) is 0 Å². The first kappa shape index (κ1) is 18.5. The van der Waals surface area contributed by atoms with Crippen molar-refractivity contribution >= 4 is 46.7 Å². The van der Waals surface area contributed by atoms with Crippen LogP contribution in [0, 0.1) is 0 Å². The number of rotatable bonds is 4. The molecule has 1 aromatic heterocycles. The molecular weight excluding hydrogens is 391 g/mol. The first-order valence-electron chi connectivity index (χ1n) is 8.82. The SMILES string of the molecule is Clc1ccc(Cl)c(Nc2nc(N3CCOCC3)nc(N3CCOCC3)n2)c1. The van der Waals surface area contributed by atoms with E-state index < -0.39 is 0 Å². The number of hydrogen-bond acceptors (Lipinski definition) is 8. The molecule has 0 saturated carbocycles. The topological polar surface area (TPSA) is 75.6 Å². The highest BCUT2D eigenvalue weighted by atomic mass is 35.5. The van der Waals surface area contributed by atoms with Gasteiger partial charge < -0.3 is 24.6 Å². The molecule has 0 bridgehead atoms. The molecule has 8 nitrogen and oxygen atoms in total. The highest BCUT2D eigenvalue weighted by Gasteiger charge is 2.21. The first-order chi connectivity index (χ1) is 13.2. The molecule has 3 heterocycles. The number of benzene rings is 1. The van der Waals surface area contributed by atoms with Gasteiger partial charge in [-0.2, -0.15) is 15.0 Å². The van der Waals surface area contributed by atoms with Gasteiger partial charge in [-0.3, -0.25) is 0 Å². The van der Waals surface area contributed by atoms with Crippen molar-refractivity contribution in [2.24, 2.45) is 0 Å². The van der Waals surface area contributed by atoms with E-state index in [1.165, 1.54) is 0 Å². The Kier molecular flexibility index (Phi) is 5.77. The predicted octanol–water partition coefficient (Wildman–Crippen LogP) is 2.60. The molecule has 1 aromatic carbocycles. The van der Waals surface area contributed by atoms with Gasteiger partial charge in [0.25, 0.3) is 0 Å². The minimum Gasteiger partial charge on any atom is -0.378 e. The van der Waals surface area contributed by atoms with Gasteiger partial charge in [-0.1, -0.05) is 23.2 Å². The number of morpholine rings is 2. The summed E-state index contributed by atoms with van der Waals surface area (Å²) in [5, 5.41) is 4.30. The highest BCUT2D eigenvalue weighted by molar-refractivity contribution is 6.35. The largest absolute Gasteiger partial charge is 0.378 e. The summed E-state index contributed by atoms with van der Waals surface area (Å²) in [4.78, 5) is 18.1. The number of nitrogens with one attached hydrogen (secondary N) is 1. The van der Waals surface area contributed by atoms with E-state index in [0.29, 0.717) is 60.0 Å². The molecule has 2 aliphatic heterocycles. The molecule has 2 saturated heterocycles. The maximum Gasteiger partial charge on any atom is 0.233 e. The van der Waals surface area contributed by atoms with Crippen LogP contribution >= 0.6 is 23.2 Å². The fourth-order valence-corrected chi connectivity index (χ4v) is 3.27. The Morgan fingerprint density at radius 1 is 0.815 bits per heavy atom. The van der Waals surface area contributed by atoms with Gasteiger partial charge in [0.05, 0.1) is 37.1 Å². The molecule has 10 heteroatoms. The van der Waals surface area contributed by atoms with Gasteiger partial charge in [0, 0.05) is 31.2 Å². The van der Waals surface area contributed by atoms with Crippen molar-refractivity contribution in [1.82, 2.24) is 15.0 Å². The Morgan fingerprint density at radius 2 is 1.37 bits per heavy atom. The van der Waals surface area contributed by atoms with Crippen LogP contribution in [0.15, 0.2) is 18.2 Å². The number of hydrogen-bond donors (Lipinski definition) is 1. The molecule has 0 amide bonds. The molecule has 0 spiro atoms. The number of halogens is 2. The lowest BCUT2D eigenvalue weighted by atomic mass is 10.3. The van der Waals surface area contributed by atoms with Crippen LogP contribution in [0.2, 0.25) is 10.0 Å². The fraction of sp³-hybridized carbons (Fsp3) is 0.471. The number of aromatic nitrogens is 3. The zero-order valence-electron chi connectivity index (χ0n) is 14.7. The van der Waals surface area contributed by atoms with E-state index in [2.05, 4.69) is 30.1 Å². The van der Waals surface area contributed by atoms with Crippen LogP contribution in [0.4, 0.5) is 23.5 Å². The van der Waals surface area contributed by atoms with Crippen LogP contribution < -0.4 is 15.1 Å². The monoisotopic (exact) mass is 410 g/mol. The van der Waals surface area contributed by atoms with Gasteiger partial charge in [-0.25, -0.2) is 0 Å². The van der Waals surface area contributed by atoms with Gasteiger partial charge in [-0.15, -0.1) is 0 Å². The van der Waals surface area contributed by atoms with E-state index in [1.54, 1.807) is 18.2 Å². The van der Waals surface area contributed by atoms with Crippen molar-refractivity contribution in [2.75, 3.05) is 67.7 Å². The Balaban J connectivity index is 1.67. The summed E-state index contributed by atoms with van der Waals surface area (Å²) in [5.41, 5.74) is 0.649. The summed E-state index contributed by atoms with van der Waals surface area (Å²) in [6, 6.07) is 5.22. The minimum atomic E-state index is 0.428. The number of ether oxygens (including phenoxy) is 2. The minimum absolute atomic E-state index is 0.428. The quantitative estimate of drug-likeness (QED) is 0.823. The predicted molar refractivity (Wildman–Crippen MR) is 106 cm³/mol. The third-order valence-electron chi connectivity index (χ3n) is 4.37. The molecule has 27 heavy (non-hydrogen) atoms. The van der Waals surface area contributed by atoms with Crippen molar-refractivity contribution in [3.05, 3.63) is 28.2 Å². The highest BCUT2D eigenvalue weighted by Crippen LogP contribution is 2.28. The van der Waals surface area contributed by atoms with Crippen molar-refractivity contribution in [3.63, 3.8) is 0 Å². The van der Waals surface area contributed by atoms with Gasteiger partial charge in [-0.05, 0) is 18.2 Å². The van der Waals surface area contributed by atoms with Gasteiger partial charge in [0.15, 0.2) is 0 Å². The normalized spacial score (nSPS) is 17.9. The lowest BCUT2D eigenvalue weighted by Crippen LogP contribution is -2.40. The van der Waals surface area contributed by atoms with E-state index in [1.807, 2.05) is 0 Å². The van der Waals surface area contributed by atoms with Crippen molar-refractivity contribution in [2.45, 2.75) is 0 Å². The van der Waals surface area contributed by atoms with Crippen molar-refractivity contribution in [3.8, 4) is 0 Å². The standard InChI is InChI=1S/C17H20Cl2N6O2/c18-12-1-2-13(19)14(11-12)20-15-21-16(24-3-7-26-8-4-24)23-17(22-15)25-5-9-27-10-6-25/h1-2,11H,3-10H2,(H,20,21,22,23). The second-order valence-corrected chi connectivity index (χ2v) is 7.05. The molecule has 1 N–H and O–H groups in total. The third kappa shape index (κ3) is 4.52. The molecule has 2 aromatic rings. The number of nitrogens with zero attached hydrogens (tertiary/aromatic N) is 5. The second-order valence-electron chi connectivity index (χ2n) is 6.21. The van der Waals surface area contributed by atoms with E-state index >= 15 is 0 Å². The molecule has 0 aliphatic carbocycles. The smallest absolute Gasteiger partial charge is 0.233 e. The van der Waals surface area contributed by atoms with Crippen LogP contribution in [-0.2, 0) is 9.47 Å². The zero-order chi connectivity index (χ0) is 18.6. The Hall–Kier alpha value is -1.87. The van der Waals surface area contributed by atoms with Gasteiger partial charge in [0.2, 0.25) is 17.8 Å². The van der Waals surface area contributed by atoms with E-state index in [0.717, 1.165) is 26.2 Å². The van der Waals surface area contributed by atoms with Gasteiger partial charge >= 0.3 is 0 Å². The first-order valence-corrected chi connectivity index (χ1v) is 9.58. The average molecular weight is 411 g/mol. The summed E-state index contributed by atoms with van der Waals surface area (Å²) < 4.78 is 10.9. The Bertz CT molecular complexity index is 761. The zero-order valence-corrected chi connectivity index (χ0v) is 16.2. The lowest BCUT2D eigenvalue weighted by molar-refractivity contribution is 0.121. The molecular formula is C17H20Cl2N6O2. The maximum atomic E-state index is 6.28. The number of anilines is 4. The Labute approximate surface area is 167 Å². The molecule has 2 aliphatic rings. The van der Waals surface area contributed by atoms with E-state index in [-0.39, 0.29) is 0 Å². The van der Waals surface area contributed by atoms with Crippen LogP contribution in [0.3, 0.4) is 0 Å². The maximum absolute atomic E-state index is 6.28. The molecule has 0 atom stereocenters. The third-order valence-corrected chi connectivity index (χ3v) is 4.94. The van der Waals surface area contributed by atoms with Crippen LogP contribution in [0.25, 0.3) is 0 Å². The molecule has 4 rings (SSSR count). The summed E-state index contributed by atoms with van der Waals surface area (Å²) in [5.74, 6) is 1.67. The second kappa shape index (κ2) is 8.43. The summed E-state index contributed by atoms with van der Waals surface area (Å²) >= 11 is 12.4. The fourth-order valence-electron chi connectivity index (χ4n) is 2.93. The van der Waals surface area contributed by atoms with Crippen LogP contribution in [-0.4, -0.2) is 67.6 Å². The summed E-state index contributed by atoms with van der Waals surface area (Å²) in [6.07, 6.45) is 0. The summed E-state index contributed by atoms with van der Waals surface area (Å²) in [7, 11) is 0. The molecule has 0 unspecified atom stereocenters. The van der Waals surface area contributed by atoms with E-state index in [9.17, 15) is 0 Å². The molecule has 0 radical (unpaired) electrons. The average Bonchev–Trinajstić information content (AvgIpc) is 2.72. The van der Waals surface area contributed by atoms with Crippen molar-refractivity contribution in [1.29, 1.82) is 0 Å². The summed E-state index contributed by atoms with van der Waals surface area (Å²) in [6.45, 7) is 5.58. The Morgan fingerprint density at radius 3 is 1.93 bits per heavy atom. The van der Waals surface area contributed by atoms with Crippen LogP contribution in [0.1, 0.15) is 0 Å². The molecule has 144 valence electrons. The molecule has 2 fully saturated rings. The van der Waals surface area contributed by atoms with Crippen LogP contribution in [0.5, 0.6) is 0 Å². The lowest BCUT2D eigenvalue weighted by Gasteiger charge is -2.30. The van der Waals surface area contributed by atoms with E-state index in [4.69, 9.17) is 32.7 Å². The van der Waals surface area contributed by atoms with Crippen molar-refractivity contribution < 1.29 is 9.47 Å².